The molecule has 2 rings (SSSR count). The zero-order chi connectivity index (χ0) is 24.3. The Kier molecular flexibility index (Phi) is 10.0. The normalized spacial score (nSPS) is 17.9. The van der Waals surface area contributed by atoms with Crippen molar-refractivity contribution < 1.29 is 24.2 Å². The monoisotopic (exact) mass is 459 g/mol. The summed E-state index contributed by atoms with van der Waals surface area (Å²) in [5.74, 6) is 0. The molecule has 0 radical (unpaired) electrons. The second-order valence-corrected chi connectivity index (χ2v) is 8.87. The van der Waals surface area contributed by atoms with E-state index in [1.807, 2.05) is 30.3 Å². The Labute approximate surface area is 194 Å². The van der Waals surface area contributed by atoms with Crippen LogP contribution in [0.1, 0.15) is 39.2 Å². The van der Waals surface area contributed by atoms with Gasteiger partial charge in [0.05, 0.1) is 24.7 Å². The highest BCUT2D eigenvalue weighted by Gasteiger charge is 2.34. The molecule has 3 atom stereocenters. The summed E-state index contributed by atoms with van der Waals surface area (Å²) in [6.07, 6.45) is 4.11. The van der Waals surface area contributed by atoms with Gasteiger partial charge in [-0.15, -0.1) is 0 Å². The molecule has 0 aromatic heterocycles. The summed E-state index contributed by atoms with van der Waals surface area (Å²) in [7, 11) is 0. The van der Waals surface area contributed by atoms with Crippen LogP contribution in [0, 0.1) is 0 Å². The van der Waals surface area contributed by atoms with Crippen LogP contribution in [-0.4, -0.2) is 65.7 Å². The molecule has 0 saturated carbocycles. The average molecular weight is 460 g/mol. The molecule has 0 aliphatic carbocycles. The molecule has 1 aromatic carbocycles. The summed E-state index contributed by atoms with van der Waals surface area (Å²) < 4.78 is 10.4. The fourth-order valence-corrected chi connectivity index (χ4v) is 3.42. The maximum atomic E-state index is 12.2. The summed E-state index contributed by atoms with van der Waals surface area (Å²) in [5, 5.41) is 15.9. The van der Waals surface area contributed by atoms with E-state index in [0.29, 0.717) is 25.9 Å². The number of nitrogens with zero attached hydrogens (tertiary/aromatic N) is 4. The van der Waals surface area contributed by atoms with E-state index in [-0.39, 0.29) is 19.2 Å². The number of hydrogen-bond donors (Lipinski definition) is 2. The summed E-state index contributed by atoms with van der Waals surface area (Å²) >= 11 is 0. The van der Waals surface area contributed by atoms with Crippen LogP contribution in [0.25, 0.3) is 10.4 Å². The maximum absolute atomic E-state index is 12.2. The van der Waals surface area contributed by atoms with E-state index in [1.165, 1.54) is 0 Å². The van der Waals surface area contributed by atoms with E-state index in [1.54, 1.807) is 37.8 Å². The first-order valence-corrected chi connectivity index (χ1v) is 11.0. The van der Waals surface area contributed by atoms with Crippen LogP contribution in [0.3, 0.4) is 0 Å². The molecular weight excluding hydrogens is 426 g/mol. The third kappa shape index (κ3) is 9.43. The molecule has 0 unspecified atom stereocenters. The molecule has 10 heteroatoms. The van der Waals surface area contributed by atoms with Gasteiger partial charge in [0.15, 0.2) is 0 Å². The minimum atomic E-state index is -0.634. The molecule has 1 aromatic rings. The zero-order valence-corrected chi connectivity index (χ0v) is 19.4. The minimum absolute atomic E-state index is 0.122. The molecule has 1 heterocycles. The number of alkyl carbamates (subject to hydrolysis) is 1. The summed E-state index contributed by atoms with van der Waals surface area (Å²) in [4.78, 5) is 28.7. The van der Waals surface area contributed by atoms with E-state index >= 15 is 0 Å². The molecule has 1 aliphatic rings. The summed E-state index contributed by atoms with van der Waals surface area (Å²) in [6.45, 7) is 5.54. The van der Waals surface area contributed by atoms with Gasteiger partial charge in [-0.25, -0.2) is 9.59 Å². The van der Waals surface area contributed by atoms with Crippen molar-refractivity contribution in [3.63, 3.8) is 0 Å². The lowest BCUT2D eigenvalue weighted by molar-refractivity contribution is 0.0498. The molecule has 180 valence electrons. The number of rotatable bonds is 11. The first-order valence-electron chi connectivity index (χ1n) is 11.0. The molecule has 2 amide bonds. The Bertz CT molecular complexity index is 849. The van der Waals surface area contributed by atoms with Crippen molar-refractivity contribution in [1.29, 1.82) is 0 Å². The van der Waals surface area contributed by atoms with Gasteiger partial charge in [0.1, 0.15) is 12.2 Å². The molecule has 1 aliphatic heterocycles. The van der Waals surface area contributed by atoms with Crippen molar-refractivity contribution in [3.05, 3.63) is 58.5 Å². The number of carbonyl (C=O) groups is 2. The molecule has 33 heavy (non-hydrogen) atoms. The van der Waals surface area contributed by atoms with Gasteiger partial charge in [0, 0.05) is 11.5 Å². The molecule has 1 fully saturated rings. The van der Waals surface area contributed by atoms with Gasteiger partial charge in [-0.1, -0.05) is 47.6 Å². The Balaban J connectivity index is 1.89. The number of amides is 2. The van der Waals surface area contributed by atoms with Crippen LogP contribution in [0.4, 0.5) is 9.59 Å². The number of ether oxygens (including phenoxy) is 2. The first-order chi connectivity index (χ1) is 15.7. The Morgan fingerprint density at radius 3 is 2.79 bits per heavy atom. The first kappa shape index (κ1) is 26.0. The number of allylic oxidation sites excluding steroid dienone is 1. The second-order valence-electron chi connectivity index (χ2n) is 8.87. The van der Waals surface area contributed by atoms with E-state index in [2.05, 4.69) is 15.3 Å². The molecule has 1 saturated heterocycles. The molecule has 0 bridgehead atoms. The van der Waals surface area contributed by atoms with Crippen LogP contribution in [0.2, 0.25) is 0 Å². The van der Waals surface area contributed by atoms with Crippen molar-refractivity contribution in [2.24, 2.45) is 5.11 Å². The van der Waals surface area contributed by atoms with Gasteiger partial charge in [-0.2, -0.15) is 0 Å². The highest BCUT2D eigenvalue weighted by molar-refractivity contribution is 5.70. The minimum Gasteiger partial charge on any atom is -0.447 e. The molecular formula is C23H33N5O5. The largest absolute Gasteiger partial charge is 0.447 e. The number of nitrogens with one attached hydrogen (secondary N) is 1. The molecule has 0 spiro atoms. The Hall–Kier alpha value is -3.23. The third-order valence-corrected chi connectivity index (χ3v) is 4.94. The average Bonchev–Trinajstić information content (AvgIpc) is 3.08. The topological polar surface area (TPSA) is 137 Å². The van der Waals surface area contributed by atoms with Crippen LogP contribution >= 0.6 is 0 Å². The number of aliphatic hydroxyl groups is 1. The predicted octanol–water partition coefficient (Wildman–Crippen LogP) is 3.95. The lowest BCUT2D eigenvalue weighted by Crippen LogP contribution is -2.40. The zero-order valence-electron chi connectivity index (χ0n) is 19.4. The summed E-state index contributed by atoms with van der Waals surface area (Å²) in [6, 6.07) is 8.68. The number of hydrogen-bond acceptors (Lipinski definition) is 6. The van der Waals surface area contributed by atoms with Crippen LogP contribution in [0.15, 0.2) is 47.6 Å². The fourth-order valence-electron chi connectivity index (χ4n) is 3.42. The second kappa shape index (κ2) is 12.7. The van der Waals surface area contributed by atoms with Gasteiger partial charge < -0.3 is 24.8 Å². The fraction of sp³-hybridized carbons (Fsp3) is 0.565. The van der Waals surface area contributed by atoms with Crippen LogP contribution in [-0.2, 0) is 15.9 Å². The third-order valence-electron chi connectivity index (χ3n) is 4.94. The molecule has 2 N–H and O–H groups in total. The number of carbonyl (C=O) groups excluding carboxylic acids is 2. The lowest BCUT2D eigenvalue weighted by atomic mass is 10.0. The number of cyclic esters (lactones) is 1. The predicted molar refractivity (Wildman–Crippen MR) is 124 cm³/mol. The quantitative estimate of drug-likeness (QED) is 0.223. The van der Waals surface area contributed by atoms with Crippen molar-refractivity contribution in [3.8, 4) is 0 Å². The maximum Gasteiger partial charge on any atom is 0.410 e. The van der Waals surface area contributed by atoms with E-state index in [4.69, 9.17) is 15.0 Å². The molecule has 10 nitrogen and oxygen atoms in total. The van der Waals surface area contributed by atoms with Crippen LogP contribution in [0.5, 0.6) is 0 Å². The van der Waals surface area contributed by atoms with Gasteiger partial charge in [0.2, 0.25) is 0 Å². The smallest absolute Gasteiger partial charge is 0.410 e. The van der Waals surface area contributed by atoms with Gasteiger partial charge in [-0.3, -0.25) is 0 Å². The van der Waals surface area contributed by atoms with E-state index in [9.17, 15) is 14.7 Å². The Morgan fingerprint density at radius 2 is 2.15 bits per heavy atom. The van der Waals surface area contributed by atoms with Gasteiger partial charge >= 0.3 is 12.2 Å². The Morgan fingerprint density at radius 1 is 1.42 bits per heavy atom. The van der Waals surface area contributed by atoms with E-state index in [0.717, 1.165) is 5.56 Å². The van der Waals surface area contributed by atoms with Crippen molar-refractivity contribution >= 4 is 12.2 Å². The number of azide groups is 1. The van der Waals surface area contributed by atoms with Crippen molar-refractivity contribution in [2.75, 3.05) is 19.8 Å². The number of aliphatic hydroxyl groups excluding tert-OH is 1. The highest BCUT2D eigenvalue weighted by atomic mass is 16.6. The van der Waals surface area contributed by atoms with E-state index < -0.39 is 29.9 Å². The van der Waals surface area contributed by atoms with Gasteiger partial charge in [-0.05, 0) is 51.1 Å². The standard InChI is InChI=1S/C23H33N5O5/c1-23(2,3)33-21(30)25-19(15-29)12-8-7-11-18(26-27-24)14-28-20(16-32-22(28)31)13-17-9-5-4-6-10-17/h4-6,8-10,12,18-20,29H,7,11,13-16H2,1-3H3,(H,25,30)/b12-8-/t18-,19+,20-/m0/s1. The van der Waals surface area contributed by atoms with Crippen LogP contribution < -0.4 is 5.32 Å². The highest BCUT2D eigenvalue weighted by Crippen LogP contribution is 2.19. The van der Waals surface area contributed by atoms with Crippen molar-refractivity contribution in [1.82, 2.24) is 10.2 Å². The summed E-state index contributed by atoms with van der Waals surface area (Å²) in [5.41, 5.74) is 9.43. The van der Waals surface area contributed by atoms with Gasteiger partial charge in [0.25, 0.3) is 0 Å². The lowest BCUT2D eigenvalue weighted by Gasteiger charge is -2.24. The number of benzene rings is 1. The van der Waals surface area contributed by atoms with Crippen molar-refractivity contribution in [2.45, 2.75) is 63.8 Å². The SMILES string of the molecule is CC(C)(C)OC(=O)N[C@H](/C=C\CC[C@@H](CN1C(=O)OC[C@@H]1Cc1ccccc1)N=[N+]=[N-])CO.